The van der Waals surface area contributed by atoms with Crippen LogP contribution in [-0.2, 0) is 0 Å². The Kier molecular flexibility index (Phi) is 2.80. The molecule has 0 radical (unpaired) electrons. The standard InChI is InChI=1S/C11H17N5O/c17-11(10-7-12-14-13-10)16-6-5-15-4-2-1-3-9(15)8-16/h7,9H,1-6,8H2,(H,12,13,14). The number of rotatable bonds is 1. The molecule has 92 valence electrons. The normalized spacial score (nSPS) is 25.6. The number of fused-ring (bicyclic) bond motifs is 1. The monoisotopic (exact) mass is 235 g/mol. The molecule has 2 aliphatic heterocycles. The van der Waals surface area contributed by atoms with E-state index in [2.05, 4.69) is 20.3 Å². The van der Waals surface area contributed by atoms with Gasteiger partial charge in [-0.05, 0) is 19.4 Å². The largest absolute Gasteiger partial charge is 0.334 e. The van der Waals surface area contributed by atoms with E-state index in [0.717, 1.165) is 19.6 Å². The molecule has 1 amide bonds. The fraction of sp³-hybridized carbons (Fsp3) is 0.727. The molecule has 2 aliphatic rings. The summed E-state index contributed by atoms with van der Waals surface area (Å²) in [6.07, 6.45) is 5.29. The van der Waals surface area contributed by atoms with Crippen molar-refractivity contribution in [2.24, 2.45) is 0 Å². The van der Waals surface area contributed by atoms with Crippen molar-refractivity contribution < 1.29 is 4.79 Å². The molecule has 2 fully saturated rings. The van der Waals surface area contributed by atoms with E-state index in [9.17, 15) is 4.79 Å². The highest BCUT2D eigenvalue weighted by Gasteiger charge is 2.31. The van der Waals surface area contributed by atoms with E-state index >= 15 is 0 Å². The third-order valence-electron chi connectivity index (χ3n) is 3.76. The van der Waals surface area contributed by atoms with Crippen LogP contribution in [0.25, 0.3) is 0 Å². The van der Waals surface area contributed by atoms with Gasteiger partial charge in [0.05, 0.1) is 6.20 Å². The van der Waals surface area contributed by atoms with E-state index < -0.39 is 0 Å². The summed E-state index contributed by atoms with van der Waals surface area (Å²) in [5, 5.41) is 10.0. The lowest BCUT2D eigenvalue weighted by atomic mass is 9.99. The second-order valence-corrected chi connectivity index (χ2v) is 4.79. The van der Waals surface area contributed by atoms with E-state index in [1.54, 1.807) is 0 Å². The number of nitrogens with one attached hydrogen (secondary N) is 1. The first-order valence-corrected chi connectivity index (χ1v) is 6.24. The van der Waals surface area contributed by atoms with Crippen molar-refractivity contribution in [1.82, 2.24) is 25.2 Å². The minimum Gasteiger partial charge on any atom is -0.334 e. The zero-order chi connectivity index (χ0) is 11.7. The zero-order valence-electron chi connectivity index (χ0n) is 9.80. The van der Waals surface area contributed by atoms with Gasteiger partial charge < -0.3 is 4.90 Å². The van der Waals surface area contributed by atoms with Crippen molar-refractivity contribution in [2.75, 3.05) is 26.2 Å². The van der Waals surface area contributed by atoms with Crippen molar-refractivity contribution in [3.8, 4) is 0 Å². The molecular formula is C11H17N5O. The molecule has 3 heterocycles. The minimum atomic E-state index is 0.00368. The summed E-state index contributed by atoms with van der Waals surface area (Å²) in [6, 6.07) is 0.549. The molecular weight excluding hydrogens is 218 g/mol. The number of H-pyrrole nitrogens is 1. The fourth-order valence-corrected chi connectivity index (χ4v) is 2.81. The predicted molar refractivity (Wildman–Crippen MR) is 61.5 cm³/mol. The molecule has 2 saturated heterocycles. The lowest BCUT2D eigenvalue weighted by Gasteiger charge is -2.43. The lowest BCUT2D eigenvalue weighted by molar-refractivity contribution is 0.0368. The summed E-state index contributed by atoms with van der Waals surface area (Å²) in [7, 11) is 0. The summed E-state index contributed by atoms with van der Waals surface area (Å²) in [5.74, 6) is 0.00368. The molecule has 0 aromatic carbocycles. The Morgan fingerprint density at radius 3 is 3.12 bits per heavy atom. The molecule has 3 rings (SSSR count). The Bertz CT molecular complexity index is 391. The quantitative estimate of drug-likeness (QED) is 0.750. The topological polar surface area (TPSA) is 65.1 Å². The van der Waals surface area contributed by atoms with Crippen LogP contribution in [0.2, 0.25) is 0 Å². The highest BCUT2D eigenvalue weighted by Crippen LogP contribution is 2.21. The van der Waals surface area contributed by atoms with Gasteiger partial charge in [-0.15, -0.1) is 0 Å². The maximum absolute atomic E-state index is 12.1. The molecule has 1 aromatic rings. The van der Waals surface area contributed by atoms with Crippen LogP contribution in [0, 0.1) is 0 Å². The average molecular weight is 235 g/mol. The van der Waals surface area contributed by atoms with Crippen LogP contribution in [0.4, 0.5) is 0 Å². The van der Waals surface area contributed by atoms with E-state index in [1.807, 2.05) is 4.90 Å². The summed E-state index contributed by atoms with van der Waals surface area (Å²) >= 11 is 0. The summed E-state index contributed by atoms with van der Waals surface area (Å²) in [6.45, 7) is 3.83. The number of hydrogen-bond acceptors (Lipinski definition) is 4. The summed E-state index contributed by atoms with van der Waals surface area (Å²) < 4.78 is 0. The van der Waals surface area contributed by atoms with E-state index in [-0.39, 0.29) is 5.91 Å². The minimum absolute atomic E-state index is 0.00368. The third-order valence-corrected chi connectivity index (χ3v) is 3.76. The molecule has 6 nitrogen and oxygen atoms in total. The second-order valence-electron chi connectivity index (χ2n) is 4.79. The molecule has 1 aromatic heterocycles. The first-order chi connectivity index (χ1) is 8.34. The number of amides is 1. The van der Waals surface area contributed by atoms with Crippen LogP contribution in [0.15, 0.2) is 6.20 Å². The molecule has 1 N–H and O–H groups in total. The predicted octanol–water partition coefficient (Wildman–Crippen LogP) is 0.115. The smallest absolute Gasteiger partial charge is 0.276 e. The maximum atomic E-state index is 12.1. The Morgan fingerprint density at radius 2 is 2.29 bits per heavy atom. The van der Waals surface area contributed by atoms with Crippen LogP contribution in [0.3, 0.4) is 0 Å². The molecule has 17 heavy (non-hydrogen) atoms. The fourth-order valence-electron chi connectivity index (χ4n) is 2.81. The zero-order valence-corrected chi connectivity index (χ0v) is 9.80. The second kappa shape index (κ2) is 4.44. The van der Waals surface area contributed by atoms with Gasteiger partial charge in [0.25, 0.3) is 5.91 Å². The number of nitrogens with zero attached hydrogens (tertiary/aromatic N) is 4. The molecule has 0 spiro atoms. The van der Waals surface area contributed by atoms with Crippen molar-refractivity contribution >= 4 is 5.91 Å². The first-order valence-electron chi connectivity index (χ1n) is 6.24. The van der Waals surface area contributed by atoms with Gasteiger partial charge in [-0.25, -0.2) is 0 Å². The van der Waals surface area contributed by atoms with Crippen LogP contribution < -0.4 is 0 Å². The van der Waals surface area contributed by atoms with Gasteiger partial charge >= 0.3 is 0 Å². The van der Waals surface area contributed by atoms with Crippen molar-refractivity contribution in [3.63, 3.8) is 0 Å². The van der Waals surface area contributed by atoms with Crippen LogP contribution in [0.5, 0.6) is 0 Å². The Hall–Kier alpha value is -1.43. The molecule has 0 bridgehead atoms. The van der Waals surface area contributed by atoms with Gasteiger partial charge in [-0.2, -0.15) is 15.4 Å². The number of carbonyl (C=O) groups excluding carboxylic acids is 1. The van der Waals surface area contributed by atoms with Gasteiger partial charge in [0.1, 0.15) is 0 Å². The van der Waals surface area contributed by atoms with Gasteiger partial charge in [0.15, 0.2) is 5.69 Å². The Morgan fingerprint density at radius 1 is 1.35 bits per heavy atom. The van der Waals surface area contributed by atoms with E-state index in [1.165, 1.54) is 32.0 Å². The van der Waals surface area contributed by atoms with Gasteiger partial charge in [0, 0.05) is 25.7 Å². The molecule has 1 unspecified atom stereocenters. The van der Waals surface area contributed by atoms with Crippen molar-refractivity contribution in [2.45, 2.75) is 25.3 Å². The van der Waals surface area contributed by atoms with Crippen molar-refractivity contribution in [3.05, 3.63) is 11.9 Å². The van der Waals surface area contributed by atoms with Gasteiger partial charge in [-0.3, -0.25) is 9.69 Å². The maximum Gasteiger partial charge on any atom is 0.276 e. The van der Waals surface area contributed by atoms with Crippen LogP contribution >= 0.6 is 0 Å². The van der Waals surface area contributed by atoms with Gasteiger partial charge in [0.2, 0.25) is 0 Å². The summed E-state index contributed by atoms with van der Waals surface area (Å²) in [4.78, 5) is 16.5. The number of hydrogen-bond donors (Lipinski definition) is 1. The van der Waals surface area contributed by atoms with Crippen LogP contribution in [0.1, 0.15) is 29.8 Å². The number of carbonyl (C=O) groups is 1. The number of piperazine rings is 1. The average Bonchev–Trinajstić information content (AvgIpc) is 2.91. The number of piperidine rings is 1. The van der Waals surface area contributed by atoms with Crippen LogP contribution in [-0.4, -0.2) is 63.3 Å². The van der Waals surface area contributed by atoms with Gasteiger partial charge in [-0.1, -0.05) is 6.42 Å². The molecule has 0 saturated carbocycles. The Balaban J connectivity index is 1.67. The van der Waals surface area contributed by atoms with E-state index in [0.29, 0.717) is 11.7 Å². The lowest BCUT2D eigenvalue weighted by Crippen LogP contribution is -2.56. The van der Waals surface area contributed by atoms with E-state index in [4.69, 9.17) is 0 Å². The molecule has 0 aliphatic carbocycles. The highest BCUT2D eigenvalue weighted by molar-refractivity contribution is 5.92. The Labute approximate surface area is 100.0 Å². The third kappa shape index (κ3) is 2.04. The number of aromatic nitrogens is 3. The number of aromatic amines is 1. The SMILES string of the molecule is O=C(c1cn[nH]n1)N1CCN2CCCCC2C1. The highest BCUT2D eigenvalue weighted by atomic mass is 16.2. The first kappa shape index (κ1) is 10.7. The molecule has 6 heteroatoms. The summed E-state index contributed by atoms with van der Waals surface area (Å²) in [5.41, 5.74) is 0.425. The molecule has 1 atom stereocenters. The van der Waals surface area contributed by atoms with Crippen molar-refractivity contribution in [1.29, 1.82) is 0 Å².